The van der Waals surface area contributed by atoms with Crippen molar-refractivity contribution in [2.24, 2.45) is 5.41 Å². The van der Waals surface area contributed by atoms with Crippen LogP contribution >= 0.6 is 0 Å². The molecule has 0 N–H and O–H groups in total. The topological polar surface area (TPSA) is 83.1 Å². The lowest BCUT2D eigenvalue weighted by Crippen LogP contribution is -2.70. The Balaban J connectivity index is 1.20. The summed E-state index contributed by atoms with van der Waals surface area (Å²) in [6.45, 7) is 4.40. The SMILES string of the molecule is CN1CCOC2(C1)CN(c1cc(-n3ncc4ccc([C@]5(C#N)CC56CC6)cc43)ncn1)C2. The first-order valence-electron chi connectivity index (χ1n) is 11.4. The average Bonchev–Trinajstić information content (AvgIpc) is 3.66. The van der Waals surface area contributed by atoms with Crippen LogP contribution in [-0.2, 0) is 10.2 Å². The summed E-state index contributed by atoms with van der Waals surface area (Å²) in [6.07, 6.45) is 6.80. The number of hydrogen-bond donors (Lipinski definition) is 0. The third-order valence-corrected chi connectivity index (χ3v) is 8.07. The summed E-state index contributed by atoms with van der Waals surface area (Å²) in [7, 11) is 2.15. The minimum absolute atomic E-state index is 0.0833. The molecular weight excluding hydrogens is 402 g/mol. The summed E-state index contributed by atoms with van der Waals surface area (Å²) in [5.74, 6) is 1.64. The number of nitrogens with zero attached hydrogens (tertiary/aromatic N) is 7. The number of benzene rings is 1. The van der Waals surface area contributed by atoms with Gasteiger partial charge in [0.2, 0.25) is 0 Å². The first kappa shape index (κ1) is 18.5. The van der Waals surface area contributed by atoms with Gasteiger partial charge >= 0.3 is 0 Å². The molecule has 0 unspecified atom stereocenters. The van der Waals surface area contributed by atoms with E-state index in [4.69, 9.17) is 4.74 Å². The molecule has 2 aliphatic heterocycles. The largest absolute Gasteiger partial charge is 0.369 e. The van der Waals surface area contributed by atoms with E-state index in [2.05, 4.69) is 56.2 Å². The Kier molecular flexibility index (Phi) is 3.51. The van der Waals surface area contributed by atoms with E-state index < -0.39 is 0 Å². The Morgan fingerprint density at radius 1 is 1.09 bits per heavy atom. The highest BCUT2D eigenvalue weighted by Gasteiger charge is 2.75. The first-order valence-corrected chi connectivity index (χ1v) is 11.4. The van der Waals surface area contributed by atoms with Gasteiger partial charge in [0.25, 0.3) is 0 Å². The summed E-state index contributed by atoms with van der Waals surface area (Å²) in [4.78, 5) is 13.6. The molecule has 0 bridgehead atoms. The highest BCUT2D eigenvalue weighted by Crippen LogP contribution is 2.78. The summed E-state index contributed by atoms with van der Waals surface area (Å²) >= 11 is 0. The smallest absolute Gasteiger partial charge is 0.159 e. The van der Waals surface area contributed by atoms with Crippen LogP contribution in [0, 0.1) is 16.7 Å². The van der Waals surface area contributed by atoms with Crippen molar-refractivity contribution < 1.29 is 4.74 Å². The average molecular weight is 428 g/mol. The van der Waals surface area contributed by atoms with Gasteiger partial charge in [-0.1, -0.05) is 12.1 Å². The van der Waals surface area contributed by atoms with Crippen molar-refractivity contribution in [1.82, 2.24) is 24.6 Å². The highest BCUT2D eigenvalue weighted by molar-refractivity contribution is 5.82. The molecule has 4 heterocycles. The molecule has 2 saturated heterocycles. The Morgan fingerprint density at radius 3 is 2.69 bits per heavy atom. The molecule has 0 radical (unpaired) electrons. The van der Waals surface area contributed by atoms with Crippen molar-refractivity contribution in [3.63, 3.8) is 0 Å². The fourth-order valence-corrected chi connectivity index (χ4v) is 5.98. The molecule has 2 saturated carbocycles. The first-order chi connectivity index (χ1) is 15.6. The van der Waals surface area contributed by atoms with Crippen LogP contribution in [0.3, 0.4) is 0 Å². The Labute approximate surface area is 186 Å². The highest BCUT2D eigenvalue weighted by atomic mass is 16.5. The zero-order valence-electron chi connectivity index (χ0n) is 18.2. The predicted octanol–water partition coefficient (Wildman–Crippen LogP) is 2.28. The van der Waals surface area contributed by atoms with E-state index in [1.165, 1.54) is 12.8 Å². The van der Waals surface area contributed by atoms with E-state index in [1.54, 1.807) is 6.33 Å². The fourth-order valence-electron chi connectivity index (χ4n) is 5.98. The van der Waals surface area contributed by atoms with Crippen molar-refractivity contribution in [2.75, 3.05) is 44.7 Å². The molecule has 4 fully saturated rings. The molecule has 1 aromatic carbocycles. The normalized spacial score (nSPS) is 27.4. The predicted molar refractivity (Wildman–Crippen MR) is 119 cm³/mol. The second-order valence-corrected chi connectivity index (χ2v) is 10.2. The lowest BCUT2D eigenvalue weighted by molar-refractivity contribution is -0.117. The van der Waals surface area contributed by atoms with E-state index >= 15 is 0 Å². The minimum atomic E-state index is -0.313. The van der Waals surface area contributed by atoms with Gasteiger partial charge in [0.15, 0.2) is 5.82 Å². The number of hydrogen-bond acceptors (Lipinski definition) is 7. The molecule has 0 amide bonds. The van der Waals surface area contributed by atoms with Gasteiger partial charge in [-0.25, -0.2) is 14.6 Å². The van der Waals surface area contributed by atoms with Gasteiger partial charge in [-0.2, -0.15) is 10.4 Å². The van der Waals surface area contributed by atoms with Gasteiger partial charge in [0.1, 0.15) is 17.7 Å². The number of rotatable bonds is 3. The van der Waals surface area contributed by atoms with Crippen LogP contribution in [0.4, 0.5) is 5.82 Å². The van der Waals surface area contributed by atoms with Crippen LogP contribution in [0.15, 0.2) is 36.8 Å². The zero-order valence-corrected chi connectivity index (χ0v) is 18.2. The number of likely N-dealkylation sites (N-methyl/N-ethyl adjacent to an activating group) is 1. The maximum absolute atomic E-state index is 9.94. The molecule has 2 aromatic heterocycles. The van der Waals surface area contributed by atoms with E-state index in [0.29, 0.717) is 0 Å². The number of ether oxygens (including phenoxy) is 1. The van der Waals surface area contributed by atoms with Crippen molar-refractivity contribution in [3.05, 3.63) is 42.4 Å². The monoisotopic (exact) mass is 427 g/mol. The summed E-state index contributed by atoms with van der Waals surface area (Å²) < 4.78 is 7.97. The molecule has 2 aliphatic carbocycles. The van der Waals surface area contributed by atoms with Crippen LogP contribution in [-0.4, -0.2) is 70.1 Å². The molecule has 4 aliphatic rings. The van der Waals surface area contributed by atoms with Crippen LogP contribution in [0.25, 0.3) is 16.7 Å². The van der Waals surface area contributed by atoms with E-state index in [1.807, 2.05) is 16.9 Å². The molecule has 32 heavy (non-hydrogen) atoms. The Bertz CT molecular complexity index is 1280. The lowest BCUT2D eigenvalue weighted by atomic mass is 9.92. The van der Waals surface area contributed by atoms with Crippen LogP contribution in [0.5, 0.6) is 0 Å². The number of morpholine rings is 1. The van der Waals surface area contributed by atoms with Crippen molar-refractivity contribution in [1.29, 1.82) is 5.26 Å². The number of nitriles is 1. The molecule has 8 nitrogen and oxygen atoms in total. The standard InChI is InChI=1S/C24H25N7O/c1-29-6-7-32-23(13-29)14-30(15-23)20-9-21(27-16-26-20)31-19-8-18(3-2-17(19)10-28-31)24(12-25)11-22(24)4-5-22/h2-3,8-10,16H,4-7,11,13-15H2,1H3/t24-/m1/s1. The quantitative estimate of drug-likeness (QED) is 0.634. The molecule has 3 aromatic rings. The van der Waals surface area contributed by atoms with Crippen molar-refractivity contribution in [3.8, 4) is 11.9 Å². The van der Waals surface area contributed by atoms with Gasteiger partial charge in [0, 0.05) is 24.5 Å². The third kappa shape index (κ3) is 2.46. The maximum atomic E-state index is 9.94. The molecule has 7 rings (SSSR count). The fraction of sp³-hybridized carbons (Fsp3) is 0.500. The Hall–Kier alpha value is -3.02. The maximum Gasteiger partial charge on any atom is 0.159 e. The lowest BCUT2D eigenvalue weighted by Gasteiger charge is -2.53. The second-order valence-electron chi connectivity index (χ2n) is 10.2. The Morgan fingerprint density at radius 2 is 1.94 bits per heavy atom. The van der Waals surface area contributed by atoms with Gasteiger partial charge < -0.3 is 14.5 Å². The van der Waals surface area contributed by atoms with Gasteiger partial charge in [-0.05, 0) is 43.4 Å². The molecule has 2 spiro atoms. The van der Waals surface area contributed by atoms with E-state index in [-0.39, 0.29) is 16.4 Å². The second kappa shape index (κ2) is 6.06. The van der Waals surface area contributed by atoms with Gasteiger partial charge in [-0.3, -0.25) is 0 Å². The molecule has 8 heteroatoms. The van der Waals surface area contributed by atoms with Crippen LogP contribution in [0.2, 0.25) is 0 Å². The zero-order chi connectivity index (χ0) is 21.6. The molecular formula is C24H25N7O. The van der Waals surface area contributed by atoms with Crippen LogP contribution < -0.4 is 4.90 Å². The van der Waals surface area contributed by atoms with Gasteiger partial charge in [0.05, 0.1) is 42.9 Å². The summed E-state index contributed by atoms with van der Waals surface area (Å²) in [5, 5.41) is 15.6. The summed E-state index contributed by atoms with van der Waals surface area (Å²) in [5.41, 5.74) is 1.95. The van der Waals surface area contributed by atoms with Crippen molar-refractivity contribution in [2.45, 2.75) is 30.3 Å². The van der Waals surface area contributed by atoms with Crippen LogP contribution in [0.1, 0.15) is 24.8 Å². The van der Waals surface area contributed by atoms with E-state index in [9.17, 15) is 5.26 Å². The number of fused-ring (bicyclic) bond motifs is 1. The minimum Gasteiger partial charge on any atom is -0.369 e. The number of aromatic nitrogens is 4. The number of anilines is 1. The van der Waals surface area contributed by atoms with Crippen molar-refractivity contribution >= 4 is 16.7 Å². The third-order valence-electron chi connectivity index (χ3n) is 8.07. The summed E-state index contributed by atoms with van der Waals surface area (Å²) in [6, 6.07) is 11.0. The molecule has 162 valence electrons. The van der Waals surface area contributed by atoms with Gasteiger partial charge in [-0.15, -0.1) is 0 Å². The van der Waals surface area contributed by atoms with E-state index in [0.717, 1.165) is 67.3 Å². The molecule has 1 atom stereocenters.